The molecular weight excluding hydrogens is 278 g/mol. The molecule has 2 unspecified atom stereocenters. The number of benzene rings is 2. The smallest absolute Gasteiger partial charge is 0.125 e. The van der Waals surface area contributed by atoms with Crippen molar-refractivity contribution >= 4 is 0 Å². The van der Waals surface area contributed by atoms with E-state index in [1.54, 1.807) is 0 Å². The second-order valence-electron chi connectivity index (χ2n) is 5.54. The minimum atomic E-state index is -0.611. The van der Waals surface area contributed by atoms with E-state index < -0.39 is 6.10 Å². The first-order chi connectivity index (χ1) is 10.8. The zero-order valence-electron chi connectivity index (χ0n) is 12.4. The molecule has 0 saturated heterocycles. The average Bonchev–Trinajstić information content (AvgIpc) is 2.56. The van der Waals surface area contributed by atoms with Gasteiger partial charge in [-0.15, -0.1) is 0 Å². The van der Waals surface area contributed by atoms with Crippen molar-refractivity contribution in [3.8, 4) is 5.75 Å². The van der Waals surface area contributed by atoms with Gasteiger partial charge in [-0.3, -0.25) is 4.90 Å². The van der Waals surface area contributed by atoms with E-state index in [-0.39, 0.29) is 12.6 Å². The molecule has 3 rings (SSSR count). The van der Waals surface area contributed by atoms with Crippen molar-refractivity contribution in [3.05, 3.63) is 65.7 Å². The molecule has 1 aliphatic heterocycles. The quantitative estimate of drug-likeness (QED) is 0.886. The van der Waals surface area contributed by atoms with Crippen LogP contribution in [0.5, 0.6) is 5.75 Å². The van der Waals surface area contributed by atoms with E-state index in [0.29, 0.717) is 19.7 Å². The van der Waals surface area contributed by atoms with Crippen LogP contribution < -0.4 is 4.74 Å². The molecule has 0 fully saturated rings. The van der Waals surface area contributed by atoms with Crippen LogP contribution in [-0.4, -0.2) is 40.9 Å². The normalized spacial score (nSPS) is 20.5. The molecule has 0 saturated carbocycles. The highest BCUT2D eigenvalue weighted by Gasteiger charge is 2.33. The molecule has 1 heterocycles. The molecule has 4 nitrogen and oxygen atoms in total. The van der Waals surface area contributed by atoms with E-state index >= 15 is 0 Å². The highest BCUT2D eigenvalue weighted by atomic mass is 16.5. The van der Waals surface area contributed by atoms with Crippen molar-refractivity contribution in [3.63, 3.8) is 0 Å². The largest absolute Gasteiger partial charge is 0.491 e. The van der Waals surface area contributed by atoms with Crippen LogP contribution >= 0.6 is 0 Å². The summed E-state index contributed by atoms with van der Waals surface area (Å²) in [6.07, 6.45) is -0.611. The van der Waals surface area contributed by atoms with E-state index in [1.165, 1.54) is 0 Å². The molecule has 2 atom stereocenters. The maximum atomic E-state index is 10.7. The summed E-state index contributed by atoms with van der Waals surface area (Å²) in [6, 6.07) is 17.5. The number of nitrogens with zero attached hydrogens (tertiary/aromatic N) is 1. The average molecular weight is 299 g/mol. The van der Waals surface area contributed by atoms with Crippen molar-refractivity contribution in [2.24, 2.45) is 0 Å². The Kier molecular flexibility index (Phi) is 4.73. The highest BCUT2D eigenvalue weighted by molar-refractivity contribution is 5.37. The molecule has 2 aromatic carbocycles. The number of rotatable bonds is 5. The van der Waals surface area contributed by atoms with Crippen LogP contribution in [0.1, 0.15) is 17.2 Å². The zero-order valence-corrected chi connectivity index (χ0v) is 12.4. The standard InChI is InChI=1S/C18H21NO3/c20-11-10-19(12-14-6-2-1-3-7-14)16-13-22-17-9-5-4-8-15(17)18(16)21/h1-9,16,18,20-21H,10-13H2. The number of hydrogen-bond donors (Lipinski definition) is 2. The van der Waals surface area contributed by atoms with Gasteiger partial charge in [0.05, 0.1) is 12.6 Å². The van der Waals surface area contributed by atoms with Crippen LogP contribution in [0.4, 0.5) is 0 Å². The van der Waals surface area contributed by atoms with Crippen LogP contribution in [-0.2, 0) is 6.54 Å². The van der Waals surface area contributed by atoms with Crippen molar-refractivity contribution in [1.29, 1.82) is 0 Å². The number of aliphatic hydroxyl groups excluding tert-OH is 2. The summed E-state index contributed by atoms with van der Waals surface area (Å²) in [5, 5.41) is 20.1. The van der Waals surface area contributed by atoms with E-state index in [9.17, 15) is 10.2 Å². The Hall–Kier alpha value is -1.88. The summed E-state index contributed by atoms with van der Waals surface area (Å²) in [7, 11) is 0. The summed E-state index contributed by atoms with van der Waals surface area (Å²) >= 11 is 0. The third-order valence-electron chi connectivity index (χ3n) is 4.10. The first kappa shape index (κ1) is 15.0. The molecule has 22 heavy (non-hydrogen) atoms. The van der Waals surface area contributed by atoms with Crippen LogP contribution in [0.3, 0.4) is 0 Å². The fourth-order valence-corrected chi connectivity index (χ4v) is 2.94. The zero-order chi connectivity index (χ0) is 15.4. The van der Waals surface area contributed by atoms with Gasteiger partial charge in [-0.1, -0.05) is 48.5 Å². The van der Waals surface area contributed by atoms with Crippen molar-refractivity contribution in [2.45, 2.75) is 18.7 Å². The predicted molar refractivity (Wildman–Crippen MR) is 84.6 cm³/mol. The molecule has 2 aromatic rings. The summed E-state index contributed by atoms with van der Waals surface area (Å²) in [4.78, 5) is 2.08. The molecule has 116 valence electrons. The first-order valence-corrected chi connectivity index (χ1v) is 7.58. The summed E-state index contributed by atoms with van der Waals surface area (Å²) < 4.78 is 5.79. The van der Waals surface area contributed by atoms with Crippen LogP contribution in [0.25, 0.3) is 0 Å². The van der Waals surface area contributed by atoms with Crippen molar-refractivity contribution < 1.29 is 14.9 Å². The summed E-state index contributed by atoms with van der Waals surface area (Å²) in [6.45, 7) is 1.65. The fourth-order valence-electron chi connectivity index (χ4n) is 2.94. The Morgan fingerprint density at radius 1 is 1.05 bits per heavy atom. The van der Waals surface area contributed by atoms with Crippen LogP contribution in [0.2, 0.25) is 0 Å². The van der Waals surface area contributed by atoms with Gasteiger partial charge in [-0.25, -0.2) is 0 Å². The van der Waals surface area contributed by atoms with Crippen LogP contribution in [0, 0.1) is 0 Å². The van der Waals surface area contributed by atoms with Gasteiger partial charge in [0, 0.05) is 18.7 Å². The molecule has 4 heteroatoms. The Morgan fingerprint density at radius 2 is 1.77 bits per heavy atom. The Balaban J connectivity index is 1.80. The van der Waals surface area contributed by atoms with Gasteiger partial charge in [0.2, 0.25) is 0 Å². The molecule has 0 radical (unpaired) electrons. The van der Waals surface area contributed by atoms with Gasteiger partial charge in [0.15, 0.2) is 0 Å². The molecule has 0 bridgehead atoms. The third kappa shape index (κ3) is 3.14. The Labute approximate surface area is 130 Å². The summed E-state index contributed by atoms with van der Waals surface area (Å²) in [5.74, 6) is 0.745. The number of para-hydroxylation sites is 1. The SMILES string of the molecule is OCCN(Cc1ccccc1)C1COc2ccccc2C1O. The Morgan fingerprint density at radius 3 is 2.55 bits per heavy atom. The second-order valence-corrected chi connectivity index (χ2v) is 5.54. The maximum Gasteiger partial charge on any atom is 0.125 e. The third-order valence-corrected chi connectivity index (χ3v) is 4.10. The maximum absolute atomic E-state index is 10.7. The fraction of sp³-hybridized carbons (Fsp3) is 0.333. The van der Waals surface area contributed by atoms with Gasteiger partial charge in [0.1, 0.15) is 18.5 Å². The first-order valence-electron chi connectivity index (χ1n) is 7.58. The van der Waals surface area contributed by atoms with Crippen LogP contribution in [0.15, 0.2) is 54.6 Å². The molecule has 2 N–H and O–H groups in total. The monoisotopic (exact) mass is 299 g/mol. The number of ether oxygens (including phenoxy) is 1. The lowest BCUT2D eigenvalue weighted by molar-refractivity contribution is -0.00668. The predicted octanol–water partition coefficient (Wildman–Crippen LogP) is 1.98. The lowest BCUT2D eigenvalue weighted by Gasteiger charge is -2.38. The minimum absolute atomic E-state index is 0.0533. The van der Waals surface area contributed by atoms with E-state index in [2.05, 4.69) is 4.90 Å². The highest BCUT2D eigenvalue weighted by Crippen LogP contribution is 2.34. The topological polar surface area (TPSA) is 52.9 Å². The van der Waals surface area contributed by atoms with E-state index in [1.807, 2.05) is 54.6 Å². The molecule has 0 aliphatic carbocycles. The number of aliphatic hydroxyl groups is 2. The minimum Gasteiger partial charge on any atom is -0.491 e. The van der Waals surface area contributed by atoms with Crippen molar-refractivity contribution in [2.75, 3.05) is 19.8 Å². The van der Waals surface area contributed by atoms with Gasteiger partial charge >= 0.3 is 0 Å². The summed E-state index contributed by atoms with van der Waals surface area (Å²) in [5.41, 5.74) is 1.97. The lowest BCUT2D eigenvalue weighted by Crippen LogP contribution is -2.46. The molecule has 0 aromatic heterocycles. The van der Waals surface area contributed by atoms with Crippen molar-refractivity contribution in [1.82, 2.24) is 4.90 Å². The Bertz CT molecular complexity index is 602. The van der Waals surface area contributed by atoms with Gasteiger partial charge < -0.3 is 14.9 Å². The van der Waals surface area contributed by atoms with Gasteiger partial charge in [-0.2, -0.15) is 0 Å². The number of fused-ring (bicyclic) bond motifs is 1. The van der Waals surface area contributed by atoms with E-state index in [4.69, 9.17) is 4.74 Å². The lowest BCUT2D eigenvalue weighted by atomic mass is 9.97. The molecular formula is C18H21NO3. The molecule has 1 aliphatic rings. The molecule has 0 spiro atoms. The second kappa shape index (κ2) is 6.92. The van der Waals surface area contributed by atoms with Gasteiger partial charge in [-0.05, 0) is 11.6 Å². The molecule has 0 amide bonds. The van der Waals surface area contributed by atoms with E-state index in [0.717, 1.165) is 16.9 Å². The van der Waals surface area contributed by atoms with Gasteiger partial charge in [0.25, 0.3) is 0 Å². The number of hydrogen-bond acceptors (Lipinski definition) is 4.